The SMILES string of the molecule is O=C(NCC(COCc1ccc(Cl)c(Cl)c1)c1ccccc1)c1cc[n+]([O-])cc1. The monoisotopic (exact) mass is 430 g/mol. The van der Waals surface area contributed by atoms with Gasteiger partial charge in [0.05, 0.1) is 28.8 Å². The molecule has 5 nitrogen and oxygen atoms in total. The molecular weight excluding hydrogens is 411 g/mol. The van der Waals surface area contributed by atoms with Gasteiger partial charge in [-0.2, -0.15) is 4.73 Å². The predicted molar refractivity (Wildman–Crippen MR) is 113 cm³/mol. The van der Waals surface area contributed by atoms with Crippen molar-refractivity contribution in [1.29, 1.82) is 0 Å². The average Bonchev–Trinajstić information content (AvgIpc) is 2.74. The highest BCUT2D eigenvalue weighted by molar-refractivity contribution is 6.42. The fourth-order valence-electron chi connectivity index (χ4n) is 2.83. The van der Waals surface area contributed by atoms with Crippen LogP contribution in [0.5, 0.6) is 0 Å². The van der Waals surface area contributed by atoms with E-state index in [1.165, 1.54) is 24.5 Å². The molecule has 2 aromatic carbocycles. The molecule has 1 heterocycles. The predicted octanol–water partition coefficient (Wildman–Crippen LogP) is 4.36. The molecule has 0 bridgehead atoms. The number of aromatic nitrogens is 1. The van der Waals surface area contributed by atoms with Gasteiger partial charge in [-0.15, -0.1) is 0 Å². The molecule has 0 aliphatic heterocycles. The summed E-state index contributed by atoms with van der Waals surface area (Å²) in [4.78, 5) is 12.4. The Bertz CT molecular complexity index is 950. The molecule has 1 aromatic heterocycles. The molecule has 1 unspecified atom stereocenters. The zero-order chi connectivity index (χ0) is 20.6. The standard InChI is InChI=1S/C22H20Cl2N2O3/c23-20-7-6-16(12-21(20)24)14-29-15-19(17-4-2-1-3-5-17)13-25-22(27)18-8-10-26(28)11-9-18/h1-12,19H,13-15H2,(H,25,27). The number of rotatable bonds is 8. The molecule has 0 saturated heterocycles. The van der Waals surface area contributed by atoms with Crippen molar-refractivity contribution in [3.05, 3.63) is 105 Å². The van der Waals surface area contributed by atoms with Crippen LogP contribution in [-0.4, -0.2) is 19.1 Å². The molecule has 0 fully saturated rings. The first-order valence-corrected chi connectivity index (χ1v) is 9.82. The third-order valence-corrected chi connectivity index (χ3v) is 5.16. The highest BCUT2D eigenvalue weighted by atomic mass is 35.5. The van der Waals surface area contributed by atoms with Crippen LogP contribution in [0.25, 0.3) is 0 Å². The van der Waals surface area contributed by atoms with Crippen LogP contribution in [0.15, 0.2) is 73.1 Å². The van der Waals surface area contributed by atoms with Crippen molar-refractivity contribution in [2.75, 3.05) is 13.2 Å². The number of nitrogens with zero attached hydrogens (tertiary/aromatic N) is 1. The maximum Gasteiger partial charge on any atom is 0.251 e. The Hall–Kier alpha value is -2.60. The summed E-state index contributed by atoms with van der Waals surface area (Å²) >= 11 is 12.0. The number of benzene rings is 2. The Morgan fingerprint density at radius 2 is 1.76 bits per heavy atom. The smallest absolute Gasteiger partial charge is 0.251 e. The zero-order valence-electron chi connectivity index (χ0n) is 15.6. The Morgan fingerprint density at radius 1 is 1.03 bits per heavy atom. The fraction of sp³-hybridized carbons (Fsp3) is 0.182. The van der Waals surface area contributed by atoms with Gasteiger partial charge in [-0.3, -0.25) is 4.79 Å². The quantitative estimate of drug-likeness (QED) is 0.426. The molecule has 0 saturated carbocycles. The molecule has 150 valence electrons. The second-order valence-corrected chi connectivity index (χ2v) is 7.34. The Morgan fingerprint density at radius 3 is 2.45 bits per heavy atom. The molecule has 1 amide bonds. The lowest BCUT2D eigenvalue weighted by Gasteiger charge is -2.18. The summed E-state index contributed by atoms with van der Waals surface area (Å²) in [5, 5.41) is 15.0. The number of pyridine rings is 1. The second-order valence-electron chi connectivity index (χ2n) is 6.53. The molecular formula is C22H20Cl2N2O3. The van der Waals surface area contributed by atoms with Gasteiger partial charge in [-0.25, -0.2) is 0 Å². The van der Waals surface area contributed by atoms with E-state index in [0.29, 0.717) is 40.1 Å². The van der Waals surface area contributed by atoms with Crippen molar-refractivity contribution in [3.8, 4) is 0 Å². The first-order valence-electron chi connectivity index (χ1n) is 9.06. The molecule has 7 heteroatoms. The van der Waals surface area contributed by atoms with Crippen LogP contribution in [-0.2, 0) is 11.3 Å². The second kappa shape index (κ2) is 10.3. The summed E-state index contributed by atoms with van der Waals surface area (Å²) in [6, 6.07) is 18.2. The van der Waals surface area contributed by atoms with Gasteiger partial charge in [0.15, 0.2) is 12.4 Å². The number of hydrogen-bond acceptors (Lipinski definition) is 3. The molecule has 0 spiro atoms. The number of carbonyl (C=O) groups excluding carboxylic acids is 1. The Balaban J connectivity index is 1.61. The molecule has 0 aliphatic carbocycles. The molecule has 3 rings (SSSR count). The highest BCUT2D eigenvalue weighted by Crippen LogP contribution is 2.23. The number of hydrogen-bond donors (Lipinski definition) is 1. The van der Waals surface area contributed by atoms with Gasteiger partial charge in [-0.1, -0.05) is 59.6 Å². The Labute approximate surface area is 179 Å². The van der Waals surface area contributed by atoms with E-state index in [4.69, 9.17) is 27.9 Å². The van der Waals surface area contributed by atoms with Crippen LogP contribution in [0.1, 0.15) is 27.4 Å². The number of ether oxygens (including phenoxy) is 1. The topological polar surface area (TPSA) is 65.3 Å². The summed E-state index contributed by atoms with van der Waals surface area (Å²) < 4.78 is 6.53. The zero-order valence-corrected chi connectivity index (χ0v) is 17.1. The minimum Gasteiger partial charge on any atom is -0.619 e. The lowest BCUT2D eigenvalue weighted by Crippen LogP contribution is -2.31. The van der Waals surface area contributed by atoms with Crippen LogP contribution in [0.2, 0.25) is 10.0 Å². The van der Waals surface area contributed by atoms with Crippen molar-refractivity contribution in [3.63, 3.8) is 0 Å². The van der Waals surface area contributed by atoms with Gasteiger partial charge >= 0.3 is 0 Å². The van der Waals surface area contributed by atoms with E-state index >= 15 is 0 Å². The molecule has 0 aliphatic rings. The van der Waals surface area contributed by atoms with Gasteiger partial charge in [0.1, 0.15) is 0 Å². The van der Waals surface area contributed by atoms with Crippen molar-refractivity contribution >= 4 is 29.1 Å². The molecule has 0 radical (unpaired) electrons. The maximum atomic E-state index is 12.4. The van der Waals surface area contributed by atoms with Gasteiger partial charge in [0.2, 0.25) is 0 Å². The molecule has 29 heavy (non-hydrogen) atoms. The highest BCUT2D eigenvalue weighted by Gasteiger charge is 2.15. The summed E-state index contributed by atoms with van der Waals surface area (Å²) in [5.41, 5.74) is 2.42. The van der Waals surface area contributed by atoms with E-state index in [1.807, 2.05) is 36.4 Å². The summed E-state index contributed by atoms with van der Waals surface area (Å²) in [7, 11) is 0. The third-order valence-electron chi connectivity index (χ3n) is 4.42. The summed E-state index contributed by atoms with van der Waals surface area (Å²) in [6.45, 7) is 1.20. The van der Waals surface area contributed by atoms with Gasteiger partial charge < -0.3 is 15.3 Å². The number of halogens is 2. The average molecular weight is 431 g/mol. The first-order chi connectivity index (χ1) is 14.0. The maximum absolute atomic E-state index is 12.4. The van der Waals surface area contributed by atoms with Gasteiger partial charge in [0.25, 0.3) is 5.91 Å². The van der Waals surface area contributed by atoms with E-state index in [1.54, 1.807) is 12.1 Å². The van der Waals surface area contributed by atoms with Gasteiger partial charge in [-0.05, 0) is 23.3 Å². The third kappa shape index (κ3) is 6.19. The summed E-state index contributed by atoms with van der Waals surface area (Å²) in [6.07, 6.45) is 2.59. The van der Waals surface area contributed by atoms with Crippen molar-refractivity contribution in [2.45, 2.75) is 12.5 Å². The van der Waals surface area contributed by atoms with Gasteiger partial charge in [0, 0.05) is 24.6 Å². The fourth-order valence-corrected chi connectivity index (χ4v) is 3.15. The number of amides is 1. The van der Waals surface area contributed by atoms with Crippen LogP contribution >= 0.6 is 23.2 Å². The lowest BCUT2D eigenvalue weighted by molar-refractivity contribution is -0.605. The molecule has 1 N–H and O–H groups in total. The first kappa shape index (κ1) is 21.1. The van der Waals surface area contributed by atoms with E-state index in [-0.39, 0.29) is 11.8 Å². The summed E-state index contributed by atoms with van der Waals surface area (Å²) in [5.74, 6) is -0.271. The number of carbonyl (C=O) groups is 1. The lowest BCUT2D eigenvalue weighted by atomic mass is 10.00. The van der Waals surface area contributed by atoms with E-state index in [9.17, 15) is 10.0 Å². The van der Waals surface area contributed by atoms with E-state index < -0.39 is 0 Å². The number of nitrogens with one attached hydrogen (secondary N) is 1. The van der Waals surface area contributed by atoms with Crippen LogP contribution in [0.3, 0.4) is 0 Å². The van der Waals surface area contributed by atoms with Crippen LogP contribution in [0.4, 0.5) is 0 Å². The van der Waals surface area contributed by atoms with Crippen molar-refractivity contribution in [2.24, 2.45) is 0 Å². The Kier molecular flexibility index (Phi) is 7.47. The minimum absolute atomic E-state index is 0.0314. The van der Waals surface area contributed by atoms with E-state index in [2.05, 4.69) is 5.32 Å². The largest absolute Gasteiger partial charge is 0.619 e. The molecule has 1 atom stereocenters. The van der Waals surface area contributed by atoms with E-state index in [0.717, 1.165) is 11.1 Å². The van der Waals surface area contributed by atoms with Crippen LogP contribution < -0.4 is 10.0 Å². The minimum atomic E-state index is -0.240. The van der Waals surface area contributed by atoms with Crippen LogP contribution in [0, 0.1) is 5.21 Å². The van der Waals surface area contributed by atoms with Crippen molar-refractivity contribution in [1.82, 2.24) is 5.32 Å². The normalized spacial score (nSPS) is 11.8. The van der Waals surface area contributed by atoms with Crippen molar-refractivity contribution < 1.29 is 14.3 Å². The molecule has 3 aromatic rings.